The minimum atomic E-state index is -0.960. The summed E-state index contributed by atoms with van der Waals surface area (Å²) in [5, 5.41) is 21.6. The summed E-state index contributed by atoms with van der Waals surface area (Å²) in [6.45, 7) is 4.03. The molecule has 5 heteroatoms. The molecule has 0 aromatic heterocycles. The molecule has 0 unspecified atom stereocenters. The number of nitrogens with one attached hydrogen (secondary N) is 1. The Labute approximate surface area is 142 Å². The van der Waals surface area contributed by atoms with Crippen molar-refractivity contribution in [2.24, 2.45) is 0 Å². The molecule has 0 aliphatic heterocycles. The van der Waals surface area contributed by atoms with Crippen molar-refractivity contribution in [3.05, 3.63) is 59.6 Å². The topological polar surface area (TPSA) is 86.6 Å². The first kappa shape index (κ1) is 19.6. The van der Waals surface area contributed by atoms with Crippen molar-refractivity contribution < 1.29 is 19.8 Å². The minimum Gasteiger partial charge on any atom is -0.510 e. The quantitative estimate of drug-likeness (QED) is 0.597. The molecule has 0 spiro atoms. The molecule has 0 fully saturated rings. The van der Waals surface area contributed by atoms with Gasteiger partial charge in [-0.15, -0.1) is 0 Å². The monoisotopic (exact) mass is 331 g/mol. The first-order valence-corrected chi connectivity index (χ1v) is 8.05. The lowest BCUT2D eigenvalue weighted by Gasteiger charge is -2.07. The smallest absolute Gasteiger partial charge is 0.227 e. The van der Waals surface area contributed by atoms with E-state index in [0.717, 1.165) is 12.0 Å². The average Bonchev–Trinajstić information content (AvgIpc) is 2.83. The third-order valence-electron chi connectivity index (χ3n) is 3.35. The highest BCUT2D eigenvalue weighted by molar-refractivity contribution is 6.01. The van der Waals surface area contributed by atoms with Crippen LogP contribution in [0.15, 0.2) is 59.6 Å². The summed E-state index contributed by atoms with van der Waals surface area (Å²) in [5.41, 5.74) is 1.02. The third kappa shape index (κ3) is 7.24. The van der Waals surface area contributed by atoms with Gasteiger partial charge in [-0.2, -0.15) is 0 Å². The van der Waals surface area contributed by atoms with Gasteiger partial charge >= 0.3 is 0 Å². The maximum absolute atomic E-state index is 11.8. The van der Waals surface area contributed by atoms with E-state index in [4.69, 9.17) is 0 Å². The van der Waals surface area contributed by atoms with Gasteiger partial charge in [0.05, 0.1) is 12.5 Å². The zero-order valence-electron chi connectivity index (χ0n) is 14.2. The van der Waals surface area contributed by atoms with Crippen LogP contribution in [0.3, 0.4) is 0 Å². The SMILES string of the molecule is CC/C=C/C=C(C)/C=C/C=C\[C@@H](O)CC(=O)NC1=C(O)CCC1=O. The number of carbonyl (C=O) groups is 2. The molecule has 0 saturated heterocycles. The fourth-order valence-electron chi connectivity index (χ4n) is 2.04. The number of carbonyl (C=O) groups excluding carboxylic acids is 2. The molecular formula is C19H25NO4. The summed E-state index contributed by atoms with van der Waals surface area (Å²) < 4.78 is 0. The standard InChI is InChI=1S/C19H25NO4/c1-3-4-5-8-14(2)9-6-7-10-15(21)13-18(24)20-19-16(22)11-12-17(19)23/h4-10,15,21-22H,3,11-13H2,1-2H3,(H,20,24)/b5-4+,9-6+,10-7-,14-8+/t15-/m1/s1. The van der Waals surface area contributed by atoms with Gasteiger partial charge in [-0.25, -0.2) is 0 Å². The van der Waals surface area contributed by atoms with Crippen LogP contribution in [0.2, 0.25) is 0 Å². The van der Waals surface area contributed by atoms with Crippen LogP contribution in [0.25, 0.3) is 0 Å². The Morgan fingerprint density at radius 1 is 1.29 bits per heavy atom. The van der Waals surface area contributed by atoms with Crippen LogP contribution in [-0.2, 0) is 9.59 Å². The Morgan fingerprint density at radius 2 is 2.04 bits per heavy atom. The lowest BCUT2D eigenvalue weighted by Crippen LogP contribution is -2.29. The average molecular weight is 331 g/mol. The fourth-order valence-corrected chi connectivity index (χ4v) is 2.04. The molecule has 0 saturated carbocycles. The zero-order valence-corrected chi connectivity index (χ0v) is 14.2. The molecular weight excluding hydrogens is 306 g/mol. The molecule has 0 aromatic rings. The van der Waals surface area contributed by atoms with Crippen LogP contribution in [0.5, 0.6) is 0 Å². The molecule has 3 N–H and O–H groups in total. The maximum Gasteiger partial charge on any atom is 0.227 e. The summed E-state index contributed by atoms with van der Waals surface area (Å²) in [6, 6.07) is 0. The molecule has 1 atom stereocenters. The second-order valence-corrected chi connectivity index (χ2v) is 5.56. The number of amides is 1. The van der Waals surface area contributed by atoms with E-state index in [1.165, 1.54) is 6.08 Å². The molecule has 5 nitrogen and oxygen atoms in total. The van der Waals surface area contributed by atoms with Crippen molar-refractivity contribution in [1.29, 1.82) is 0 Å². The first-order valence-electron chi connectivity index (χ1n) is 8.05. The molecule has 1 aliphatic rings. The van der Waals surface area contributed by atoms with Gasteiger partial charge in [-0.05, 0) is 13.3 Å². The predicted molar refractivity (Wildman–Crippen MR) is 94.1 cm³/mol. The molecule has 1 aliphatic carbocycles. The number of ketones is 1. The zero-order chi connectivity index (χ0) is 17.9. The lowest BCUT2D eigenvalue weighted by molar-refractivity contribution is -0.124. The Morgan fingerprint density at radius 3 is 2.67 bits per heavy atom. The highest BCUT2D eigenvalue weighted by Crippen LogP contribution is 2.18. The summed E-state index contributed by atoms with van der Waals surface area (Å²) in [6.07, 6.45) is 13.2. The summed E-state index contributed by atoms with van der Waals surface area (Å²) in [4.78, 5) is 23.2. The lowest BCUT2D eigenvalue weighted by atomic mass is 10.2. The second-order valence-electron chi connectivity index (χ2n) is 5.56. The largest absolute Gasteiger partial charge is 0.510 e. The number of Topliss-reactive ketones (excluding diaryl/α,β-unsaturated/α-hetero) is 1. The van der Waals surface area contributed by atoms with E-state index in [0.29, 0.717) is 0 Å². The van der Waals surface area contributed by atoms with Crippen LogP contribution in [0.1, 0.15) is 39.5 Å². The molecule has 0 bridgehead atoms. The number of hydrogen-bond donors (Lipinski definition) is 3. The number of allylic oxidation sites excluding steroid dienone is 9. The van der Waals surface area contributed by atoms with Gasteiger partial charge in [0.1, 0.15) is 11.5 Å². The number of rotatable bonds is 8. The second kappa shape index (κ2) is 10.4. The number of hydrogen-bond acceptors (Lipinski definition) is 4. The van der Waals surface area contributed by atoms with Crippen molar-refractivity contribution >= 4 is 11.7 Å². The molecule has 130 valence electrons. The highest BCUT2D eigenvalue weighted by Gasteiger charge is 2.24. The Bertz CT molecular complexity index is 609. The fraction of sp³-hybridized carbons (Fsp3) is 0.368. The molecule has 0 radical (unpaired) electrons. The number of aliphatic hydroxyl groups excluding tert-OH is 2. The molecule has 24 heavy (non-hydrogen) atoms. The van der Waals surface area contributed by atoms with Gasteiger partial charge in [0.15, 0.2) is 5.78 Å². The summed E-state index contributed by atoms with van der Waals surface area (Å²) in [5.74, 6) is -0.886. The van der Waals surface area contributed by atoms with Crippen molar-refractivity contribution in [1.82, 2.24) is 5.32 Å². The predicted octanol–water partition coefficient (Wildman–Crippen LogP) is 3.01. The van der Waals surface area contributed by atoms with Crippen LogP contribution >= 0.6 is 0 Å². The number of aliphatic hydroxyl groups is 2. The van der Waals surface area contributed by atoms with Crippen molar-refractivity contribution in [3.63, 3.8) is 0 Å². The Hall–Kier alpha value is -2.40. The van der Waals surface area contributed by atoms with Gasteiger partial charge in [-0.1, -0.05) is 55.0 Å². The summed E-state index contributed by atoms with van der Waals surface area (Å²) >= 11 is 0. The van der Waals surface area contributed by atoms with E-state index in [1.54, 1.807) is 12.2 Å². The van der Waals surface area contributed by atoms with Gasteiger partial charge in [0.2, 0.25) is 5.91 Å². The van der Waals surface area contributed by atoms with Crippen molar-refractivity contribution in [3.8, 4) is 0 Å². The van der Waals surface area contributed by atoms with E-state index >= 15 is 0 Å². The van der Waals surface area contributed by atoms with Gasteiger partial charge in [-0.3, -0.25) is 9.59 Å². The Balaban J connectivity index is 2.42. The molecule has 0 heterocycles. The van der Waals surface area contributed by atoms with Gasteiger partial charge in [0, 0.05) is 12.8 Å². The van der Waals surface area contributed by atoms with Crippen molar-refractivity contribution in [2.45, 2.75) is 45.6 Å². The summed E-state index contributed by atoms with van der Waals surface area (Å²) in [7, 11) is 0. The van der Waals surface area contributed by atoms with Crippen LogP contribution in [0.4, 0.5) is 0 Å². The Kier molecular flexibility index (Phi) is 8.50. The van der Waals surface area contributed by atoms with Crippen LogP contribution < -0.4 is 5.32 Å². The van der Waals surface area contributed by atoms with E-state index in [2.05, 4.69) is 18.3 Å². The van der Waals surface area contributed by atoms with E-state index < -0.39 is 12.0 Å². The first-order chi connectivity index (χ1) is 11.4. The van der Waals surface area contributed by atoms with Crippen LogP contribution in [-0.4, -0.2) is 28.0 Å². The van der Waals surface area contributed by atoms with Crippen molar-refractivity contribution in [2.75, 3.05) is 0 Å². The van der Waals surface area contributed by atoms with Crippen LogP contribution in [0, 0.1) is 0 Å². The van der Waals surface area contributed by atoms with Gasteiger partial charge in [0.25, 0.3) is 0 Å². The third-order valence-corrected chi connectivity index (χ3v) is 3.35. The van der Waals surface area contributed by atoms with E-state index in [1.807, 2.05) is 25.2 Å². The normalized spacial score (nSPS) is 17.6. The minimum absolute atomic E-state index is 0.0445. The van der Waals surface area contributed by atoms with Gasteiger partial charge < -0.3 is 15.5 Å². The highest BCUT2D eigenvalue weighted by atomic mass is 16.3. The maximum atomic E-state index is 11.8. The van der Waals surface area contributed by atoms with E-state index in [-0.39, 0.29) is 36.5 Å². The molecule has 1 amide bonds. The van der Waals surface area contributed by atoms with E-state index in [9.17, 15) is 19.8 Å². The molecule has 1 rings (SSSR count). The molecule has 0 aromatic carbocycles.